The maximum absolute atomic E-state index is 13.3. The van der Waals surface area contributed by atoms with Crippen LogP contribution in [0.25, 0.3) is 0 Å². The highest BCUT2D eigenvalue weighted by Gasteiger charge is 2.27. The van der Waals surface area contributed by atoms with Crippen molar-refractivity contribution in [2.24, 2.45) is 0 Å². The Morgan fingerprint density at radius 2 is 2.04 bits per heavy atom. The molecule has 1 fully saturated rings. The highest BCUT2D eigenvalue weighted by atomic mass is 19.1. The summed E-state index contributed by atoms with van der Waals surface area (Å²) in [5, 5.41) is 2.77. The minimum absolute atomic E-state index is 0.104. The smallest absolute Gasteiger partial charge is 0.245 e. The lowest BCUT2D eigenvalue weighted by atomic mass is 10.0. The van der Waals surface area contributed by atoms with E-state index in [0.717, 1.165) is 13.1 Å². The van der Waals surface area contributed by atoms with Gasteiger partial charge in [0.2, 0.25) is 11.8 Å². The van der Waals surface area contributed by atoms with E-state index in [-0.39, 0.29) is 18.2 Å². The van der Waals surface area contributed by atoms with Crippen LogP contribution in [0.1, 0.15) is 18.9 Å². The first-order chi connectivity index (χ1) is 11.0. The molecule has 5 nitrogen and oxygen atoms in total. The van der Waals surface area contributed by atoms with Gasteiger partial charge in [0.25, 0.3) is 0 Å². The van der Waals surface area contributed by atoms with Crippen LogP contribution in [0.15, 0.2) is 18.2 Å². The summed E-state index contributed by atoms with van der Waals surface area (Å²) in [4.78, 5) is 28.4. The second-order valence-corrected chi connectivity index (χ2v) is 5.85. The van der Waals surface area contributed by atoms with E-state index in [1.165, 1.54) is 12.1 Å². The zero-order valence-electron chi connectivity index (χ0n) is 13.6. The van der Waals surface area contributed by atoms with E-state index in [1.54, 1.807) is 17.9 Å². The Bertz CT molecular complexity index is 557. The average molecular weight is 320 g/mol. The van der Waals surface area contributed by atoms with Crippen LogP contribution in [-0.2, 0) is 16.0 Å². The first-order valence-corrected chi connectivity index (χ1v) is 7.92. The maximum atomic E-state index is 13.3. The first kappa shape index (κ1) is 17.4. The van der Waals surface area contributed by atoms with Crippen LogP contribution in [0.2, 0.25) is 0 Å². The third-order valence-corrected chi connectivity index (χ3v) is 4.04. The molecule has 1 aliphatic rings. The van der Waals surface area contributed by atoms with Crippen molar-refractivity contribution in [1.82, 2.24) is 15.1 Å². The van der Waals surface area contributed by atoms with Gasteiger partial charge in [-0.25, -0.2) is 4.39 Å². The summed E-state index contributed by atoms with van der Waals surface area (Å²) in [6.07, 6.45) is 0.589. The number of halogens is 1. The number of carbonyl (C=O) groups is 2. The van der Waals surface area contributed by atoms with Crippen LogP contribution in [0.3, 0.4) is 0 Å². The van der Waals surface area contributed by atoms with Gasteiger partial charge in [-0.05, 0) is 18.7 Å². The van der Waals surface area contributed by atoms with Gasteiger partial charge < -0.3 is 15.1 Å². The molecule has 1 N–H and O–H groups in total. The molecule has 0 aliphatic carbocycles. The van der Waals surface area contributed by atoms with Crippen molar-refractivity contribution in [3.05, 3.63) is 35.6 Å². The standard InChI is InChI=1S/C17H23FN3O2/c1-3-16(22)19-15(12-13-5-4-6-14(18)11-13)17(23)21-9-7-20(2)8-10-21/h4-5,11,15H,3,7-10,12H2,1-2H3,(H,19,22). The van der Waals surface area contributed by atoms with Gasteiger partial charge in [0.05, 0.1) is 0 Å². The van der Waals surface area contributed by atoms with Gasteiger partial charge in [0, 0.05) is 45.1 Å². The number of rotatable bonds is 5. The third-order valence-electron chi connectivity index (χ3n) is 4.04. The lowest BCUT2D eigenvalue weighted by Crippen LogP contribution is -2.54. The molecular weight excluding hydrogens is 297 g/mol. The molecule has 23 heavy (non-hydrogen) atoms. The van der Waals surface area contributed by atoms with E-state index < -0.39 is 11.9 Å². The van der Waals surface area contributed by atoms with Gasteiger partial charge in [-0.15, -0.1) is 0 Å². The van der Waals surface area contributed by atoms with Crippen LogP contribution in [-0.4, -0.2) is 60.9 Å². The monoisotopic (exact) mass is 320 g/mol. The molecule has 2 amide bonds. The lowest BCUT2D eigenvalue weighted by molar-refractivity contribution is -0.137. The quantitative estimate of drug-likeness (QED) is 0.875. The number of nitrogens with one attached hydrogen (secondary N) is 1. The van der Waals surface area contributed by atoms with Gasteiger partial charge in [0.1, 0.15) is 11.9 Å². The predicted octanol–water partition coefficient (Wildman–Crippen LogP) is 0.837. The number of hydrogen-bond acceptors (Lipinski definition) is 3. The summed E-state index contributed by atoms with van der Waals surface area (Å²) >= 11 is 0. The van der Waals surface area contributed by atoms with E-state index in [9.17, 15) is 14.0 Å². The summed E-state index contributed by atoms with van der Waals surface area (Å²) in [5.41, 5.74) is 0.671. The van der Waals surface area contributed by atoms with Gasteiger partial charge >= 0.3 is 0 Å². The highest BCUT2D eigenvalue weighted by Crippen LogP contribution is 2.10. The normalized spacial score (nSPS) is 16.9. The van der Waals surface area contributed by atoms with Crippen LogP contribution in [0.4, 0.5) is 4.39 Å². The van der Waals surface area contributed by atoms with Crippen LogP contribution in [0, 0.1) is 11.9 Å². The summed E-state index contributed by atoms with van der Waals surface area (Å²) in [5.74, 6) is -0.747. The Morgan fingerprint density at radius 1 is 1.35 bits per heavy atom. The molecule has 2 rings (SSSR count). The summed E-state index contributed by atoms with van der Waals surface area (Å²) in [6.45, 7) is 4.66. The molecule has 1 aromatic carbocycles. The van der Waals surface area contributed by atoms with Crippen molar-refractivity contribution in [2.75, 3.05) is 33.2 Å². The van der Waals surface area contributed by atoms with Crippen LogP contribution in [0.5, 0.6) is 0 Å². The second kappa shape index (κ2) is 8.06. The Morgan fingerprint density at radius 3 is 2.65 bits per heavy atom. The van der Waals surface area contributed by atoms with Gasteiger partial charge in [-0.2, -0.15) is 0 Å². The predicted molar refractivity (Wildman–Crippen MR) is 85.2 cm³/mol. The van der Waals surface area contributed by atoms with Crippen molar-refractivity contribution in [2.45, 2.75) is 25.8 Å². The fourth-order valence-electron chi connectivity index (χ4n) is 2.59. The Kier molecular flexibility index (Phi) is 6.10. The van der Waals surface area contributed by atoms with Gasteiger partial charge in [0.15, 0.2) is 0 Å². The molecule has 0 saturated carbocycles. The molecular formula is C17H23FN3O2. The summed E-state index contributed by atoms with van der Waals surface area (Å²) < 4.78 is 13.3. The van der Waals surface area contributed by atoms with Crippen molar-refractivity contribution < 1.29 is 14.0 Å². The lowest BCUT2D eigenvalue weighted by Gasteiger charge is -2.34. The molecule has 0 aromatic heterocycles. The van der Waals surface area contributed by atoms with Crippen molar-refractivity contribution in [3.63, 3.8) is 0 Å². The van der Waals surface area contributed by atoms with E-state index in [1.807, 2.05) is 7.05 Å². The van der Waals surface area contributed by atoms with Crippen molar-refractivity contribution >= 4 is 11.8 Å². The van der Waals surface area contributed by atoms with Crippen LogP contribution >= 0.6 is 0 Å². The number of carbonyl (C=O) groups excluding carboxylic acids is 2. The first-order valence-electron chi connectivity index (χ1n) is 7.92. The molecule has 1 aromatic rings. The zero-order valence-corrected chi connectivity index (χ0v) is 13.6. The number of nitrogens with zero attached hydrogens (tertiary/aromatic N) is 2. The van der Waals surface area contributed by atoms with Gasteiger partial charge in [-0.3, -0.25) is 9.59 Å². The van der Waals surface area contributed by atoms with E-state index in [4.69, 9.17) is 0 Å². The van der Waals surface area contributed by atoms with Crippen molar-refractivity contribution in [1.29, 1.82) is 0 Å². The van der Waals surface area contributed by atoms with Crippen molar-refractivity contribution in [3.8, 4) is 0 Å². The fraction of sp³-hybridized carbons (Fsp3) is 0.529. The zero-order chi connectivity index (χ0) is 16.8. The molecule has 125 valence electrons. The number of likely N-dealkylation sites (N-methyl/N-ethyl adjacent to an activating group) is 1. The Balaban J connectivity index is 2.09. The van der Waals surface area contributed by atoms with E-state index >= 15 is 0 Å². The average Bonchev–Trinajstić information content (AvgIpc) is 2.54. The topological polar surface area (TPSA) is 52.7 Å². The van der Waals surface area contributed by atoms with E-state index in [0.29, 0.717) is 25.1 Å². The SMILES string of the molecule is CCC(=O)NC(Cc1cc[c]c(F)c1)C(=O)N1CCN(C)CC1. The minimum Gasteiger partial charge on any atom is -0.344 e. The Hall–Kier alpha value is -1.95. The fourth-order valence-corrected chi connectivity index (χ4v) is 2.59. The molecule has 0 bridgehead atoms. The minimum atomic E-state index is -0.660. The third kappa shape index (κ3) is 5.03. The molecule has 6 heteroatoms. The number of hydrogen-bond donors (Lipinski definition) is 1. The largest absolute Gasteiger partial charge is 0.344 e. The molecule has 1 heterocycles. The molecule has 1 radical (unpaired) electrons. The highest BCUT2D eigenvalue weighted by molar-refractivity contribution is 5.87. The molecule has 1 aliphatic heterocycles. The summed E-state index contributed by atoms with van der Waals surface area (Å²) in [7, 11) is 2.02. The number of piperazine rings is 1. The molecule has 1 atom stereocenters. The van der Waals surface area contributed by atoms with Crippen LogP contribution < -0.4 is 5.32 Å². The number of benzene rings is 1. The maximum Gasteiger partial charge on any atom is 0.245 e. The number of amides is 2. The molecule has 1 unspecified atom stereocenters. The second-order valence-electron chi connectivity index (χ2n) is 5.85. The van der Waals surface area contributed by atoms with E-state index in [2.05, 4.69) is 16.3 Å². The summed E-state index contributed by atoms with van der Waals surface area (Å²) in [6, 6.07) is 6.33. The molecule has 0 spiro atoms. The Labute approximate surface area is 136 Å². The molecule has 1 saturated heterocycles. The van der Waals surface area contributed by atoms with Gasteiger partial charge in [-0.1, -0.05) is 19.1 Å².